The van der Waals surface area contributed by atoms with Crippen LogP contribution in [0.15, 0.2) is 36.8 Å². The Balaban J connectivity index is 2.04. The highest BCUT2D eigenvalue weighted by Crippen LogP contribution is 2.38. The SMILES string of the molecule is Cn1cnc(-c2ccc(F)c(F)c2-c2nc3cc(C(=O)O)ccn3c2F)c1Cl. The van der Waals surface area contributed by atoms with E-state index in [1.54, 1.807) is 7.05 Å². The minimum Gasteiger partial charge on any atom is -0.478 e. The number of pyridine rings is 1. The summed E-state index contributed by atoms with van der Waals surface area (Å²) in [7, 11) is 1.61. The summed E-state index contributed by atoms with van der Waals surface area (Å²) in [5.74, 6) is -4.73. The molecule has 0 bridgehead atoms. The van der Waals surface area contributed by atoms with Crippen LogP contribution in [-0.2, 0) is 7.05 Å². The fourth-order valence-corrected chi connectivity index (χ4v) is 3.08. The molecule has 4 aromatic rings. The lowest BCUT2D eigenvalue weighted by molar-refractivity contribution is 0.0697. The van der Waals surface area contributed by atoms with Crippen molar-refractivity contribution < 1.29 is 23.1 Å². The van der Waals surface area contributed by atoms with Crippen molar-refractivity contribution in [1.82, 2.24) is 18.9 Å². The van der Waals surface area contributed by atoms with Gasteiger partial charge in [-0.1, -0.05) is 11.6 Å². The highest BCUT2D eigenvalue weighted by atomic mass is 35.5. The number of aromatic nitrogens is 4. The first kappa shape index (κ1) is 18.1. The Kier molecular flexibility index (Phi) is 4.11. The van der Waals surface area contributed by atoms with Crippen LogP contribution in [0.1, 0.15) is 10.4 Å². The second-order valence-corrected chi connectivity index (χ2v) is 6.34. The van der Waals surface area contributed by atoms with E-state index in [4.69, 9.17) is 16.7 Å². The Bertz CT molecular complexity index is 1270. The van der Waals surface area contributed by atoms with Gasteiger partial charge in [0.15, 0.2) is 11.6 Å². The maximum atomic E-state index is 15.0. The number of benzene rings is 1. The van der Waals surface area contributed by atoms with E-state index in [-0.39, 0.29) is 27.6 Å². The van der Waals surface area contributed by atoms with Crippen LogP contribution in [0.25, 0.3) is 28.2 Å². The number of fused-ring (bicyclic) bond motifs is 1. The van der Waals surface area contributed by atoms with Crippen molar-refractivity contribution >= 4 is 23.2 Å². The number of rotatable bonds is 3. The zero-order chi connectivity index (χ0) is 20.2. The largest absolute Gasteiger partial charge is 0.478 e. The van der Waals surface area contributed by atoms with Gasteiger partial charge < -0.3 is 9.67 Å². The third kappa shape index (κ3) is 2.63. The number of hydrogen-bond acceptors (Lipinski definition) is 3. The van der Waals surface area contributed by atoms with Crippen LogP contribution in [0.4, 0.5) is 13.2 Å². The number of hydrogen-bond donors (Lipinski definition) is 1. The maximum Gasteiger partial charge on any atom is 0.335 e. The number of halogens is 4. The lowest BCUT2D eigenvalue weighted by Crippen LogP contribution is -1.98. The zero-order valence-electron chi connectivity index (χ0n) is 14.1. The van der Waals surface area contributed by atoms with Crippen molar-refractivity contribution in [2.45, 2.75) is 0 Å². The molecule has 3 heterocycles. The van der Waals surface area contributed by atoms with E-state index in [1.807, 2.05) is 0 Å². The number of aryl methyl sites for hydroxylation is 1. The van der Waals surface area contributed by atoms with Crippen LogP contribution >= 0.6 is 11.6 Å². The summed E-state index contributed by atoms with van der Waals surface area (Å²) >= 11 is 6.17. The van der Waals surface area contributed by atoms with Gasteiger partial charge in [0.25, 0.3) is 0 Å². The summed E-state index contributed by atoms with van der Waals surface area (Å²) in [4.78, 5) is 19.2. The first-order valence-electron chi connectivity index (χ1n) is 7.86. The zero-order valence-corrected chi connectivity index (χ0v) is 14.9. The van der Waals surface area contributed by atoms with Crippen molar-refractivity contribution in [3.05, 3.63) is 65.1 Å². The Hall–Kier alpha value is -3.33. The van der Waals surface area contributed by atoms with Crippen molar-refractivity contribution in [2.24, 2.45) is 7.05 Å². The molecule has 3 aromatic heterocycles. The van der Waals surface area contributed by atoms with Crippen LogP contribution in [0.3, 0.4) is 0 Å². The Morgan fingerprint density at radius 2 is 1.93 bits per heavy atom. The molecule has 0 aliphatic heterocycles. The first-order valence-corrected chi connectivity index (χ1v) is 8.24. The summed E-state index contributed by atoms with van der Waals surface area (Å²) in [5.41, 5.74) is -0.980. The number of aromatic carboxylic acids is 1. The Morgan fingerprint density at radius 3 is 2.57 bits per heavy atom. The molecule has 4 rings (SSSR count). The van der Waals surface area contributed by atoms with Gasteiger partial charge >= 0.3 is 5.97 Å². The van der Waals surface area contributed by atoms with E-state index in [1.165, 1.54) is 23.0 Å². The molecule has 0 atom stereocenters. The predicted octanol–water partition coefficient (Wildman–Crippen LogP) is 4.17. The van der Waals surface area contributed by atoms with Crippen LogP contribution in [0.5, 0.6) is 0 Å². The van der Waals surface area contributed by atoms with Crippen molar-refractivity contribution in [1.29, 1.82) is 0 Å². The van der Waals surface area contributed by atoms with Gasteiger partial charge in [0.1, 0.15) is 22.2 Å². The second-order valence-electron chi connectivity index (χ2n) is 5.98. The third-order valence-corrected chi connectivity index (χ3v) is 4.71. The topological polar surface area (TPSA) is 72.4 Å². The molecule has 0 fully saturated rings. The molecule has 142 valence electrons. The standard InChI is InChI=1S/C18H10ClF3N4O2/c1-25-7-23-14(16(25)19)9-2-3-10(20)13(21)12(9)15-17(22)26-5-4-8(18(27)28)6-11(26)24-15/h2-7H,1H3,(H,27,28). The molecule has 0 aliphatic carbocycles. The molecule has 0 saturated heterocycles. The summed E-state index contributed by atoms with van der Waals surface area (Å²) < 4.78 is 46.0. The van der Waals surface area contributed by atoms with Crippen LogP contribution in [0, 0.1) is 17.6 Å². The van der Waals surface area contributed by atoms with Gasteiger partial charge in [-0.25, -0.2) is 23.5 Å². The lowest BCUT2D eigenvalue weighted by atomic mass is 10.0. The molecule has 0 amide bonds. The van der Waals surface area contributed by atoms with Gasteiger partial charge in [-0.2, -0.15) is 4.39 Å². The van der Waals surface area contributed by atoms with Gasteiger partial charge in [0, 0.05) is 18.8 Å². The van der Waals surface area contributed by atoms with E-state index in [0.29, 0.717) is 0 Å². The second kappa shape index (κ2) is 6.38. The normalized spacial score (nSPS) is 11.3. The third-order valence-electron chi connectivity index (χ3n) is 4.27. The first-order chi connectivity index (χ1) is 13.3. The smallest absolute Gasteiger partial charge is 0.335 e. The predicted molar refractivity (Wildman–Crippen MR) is 94.7 cm³/mol. The van der Waals surface area contributed by atoms with Gasteiger partial charge in [0.05, 0.1) is 17.5 Å². The van der Waals surface area contributed by atoms with E-state index in [2.05, 4.69) is 9.97 Å². The van der Waals surface area contributed by atoms with Crippen LogP contribution in [-0.4, -0.2) is 30.0 Å². The fourth-order valence-electron chi connectivity index (χ4n) is 2.88. The van der Waals surface area contributed by atoms with Crippen molar-refractivity contribution in [2.75, 3.05) is 0 Å². The lowest BCUT2D eigenvalue weighted by Gasteiger charge is -2.08. The quantitative estimate of drug-likeness (QED) is 0.554. The highest BCUT2D eigenvalue weighted by Gasteiger charge is 2.26. The summed E-state index contributed by atoms with van der Waals surface area (Å²) in [6.45, 7) is 0. The fraction of sp³-hybridized carbons (Fsp3) is 0.0556. The number of nitrogens with zero attached hydrogens (tertiary/aromatic N) is 4. The van der Waals surface area contributed by atoms with Crippen molar-refractivity contribution in [3.8, 4) is 22.5 Å². The minimum absolute atomic E-state index is 0.0465. The molecule has 1 N–H and O–H groups in total. The highest BCUT2D eigenvalue weighted by molar-refractivity contribution is 6.32. The Morgan fingerprint density at radius 1 is 1.18 bits per heavy atom. The molecule has 0 unspecified atom stereocenters. The number of imidazole rings is 2. The molecule has 1 aromatic carbocycles. The molecule has 0 spiro atoms. The summed E-state index contributed by atoms with van der Waals surface area (Å²) in [6.07, 6.45) is 2.52. The molecular formula is C18H10ClF3N4O2. The van der Waals surface area contributed by atoms with E-state index in [9.17, 15) is 18.0 Å². The molecule has 0 radical (unpaired) electrons. The molecule has 10 heteroatoms. The minimum atomic E-state index is -1.32. The average Bonchev–Trinajstić information content (AvgIpc) is 3.17. The molecule has 28 heavy (non-hydrogen) atoms. The van der Waals surface area contributed by atoms with E-state index < -0.39 is 34.8 Å². The molecule has 0 aliphatic rings. The van der Waals surface area contributed by atoms with E-state index in [0.717, 1.165) is 22.7 Å². The average molecular weight is 407 g/mol. The van der Waals surface area contributed by atoms with Gasteiger partial charge in [-0.15, -0.1) is 0 Å². The molecule has 6 nitrogen and oxygen atoms in total. The summed E-state index contributed by atoms with van der Waals surface area (Å²) in [5, 5.41) is 9.22. The maximum absolute atomic E-state index is 15.0. The number of carbonyl (C=O) groups is 1. The molecular weight excluding hydrogens is 397 g/mol. The Labute approximate surface area is 160 Å². The van der Waals surface area contributed by atoms with Gasteiger partial charge in [-0.05, 0) is 24.3 Å². The van der Waals surface area contributed by atoms with Crippen LogP contribution in [0.2, 0.25) is 5.15 Å². The summed E-state index contributed by atoms with van der Waals surface area (Å²) in [6, 6.07) is 4.41. The van der Waals surface area contributed by atoms with Gasteiger partial charge in [0.2, 0.25) is 5.95 Å². The number of carboxylic acid groups (broad SMARTS) is 1. The van der Waals surface area contributed by atoms with Crippen molar-refractivity contribution in [3.63, 3.8) is 0 Å². The van der Waals surface area contributed by atoms with Crippen LogP contribution < -0.4 is 0 Å². The van der Waals surface area contributed by atoms with E-state index >= 15 is 0 Å². The number of carboxylic acids is 1. The molecule has 0 saturated carbocycles. The monoisotopic (exact) mass is 406 g/mol. The van der Waals surface area contributed by atoms with Gasteiger partial charge in [-0.3, -0.25) is 4.40 Å².